The number of halogens is 3. The Morgan fingerprint density at radius 2 is 1.68 bits per heavy atom. The van der Waals surface area contributed by atoms with Gasteiger partial charge in [0, 0.05) is 0 Å². The predicted octanol–water partition coefficient (Wildman–Crippen LogP) is 2.32. The van der Waals surface area contributed by atoms with E-state index in [1.54, 1.807) is 33.0 Å². The fraction of sp³-hybridized carbons (Fsp3) is 0.818. The quantitative estimate of drug-likeness (QED) is 0.778. The van der Waals surface area contributed by atoms with Gasteiger partial charge < -0.3 is 15.4 Å². The fourth-order valence-corrected chi connectivity index (χ4v) is 1.16. The Morgan fingerprint density at radius 1 is 1.16 bits per heavy atom. The zero-order valence-electron chi connectivity index (χ0n) is 11.4. The maximum Gasteiger partial charge on any atom is 0.471 e. The molecule has 0 aliphatic carbocycles. The molecule has 0 aliphatic heterocycles. The van der Waals surface area contributed by atoms with Crippen LogP contribution in [-0.4, -0.2) is 29.9 Å². The summed E-state index contributed by atoms with van der Waals surface area (Å²) in [7, 11) is 0. The van der Waals surface area contributed by atoms with Crippen LogP contribution in [0.4, 0.5) is 18.0 Å². The molecule has 1 atom stereocenters. The number of alkyl halides is 3. The molecule has 2 N–H and O–H groups in total. The van der Waals surface area contributed by atoms with Crippen LogP contribution >= 0.6 is 0 Å². The summed E-state index contributed by atoms with van der Waals surface area (Å²) < 4.78 is 41.2. The Balaban J connectivity index is 4.50. The van der Waals surface area contributed by atoms with Crippen LogP contribution in [0.3, 0.4) is 0 Å². The van der Waals surface area contributed by atoms with Crippen molar-refractivity contribution in [3.8, 4) is 0 Å². The van der Waals surface area contributed by atoms with E-state index < -0.39 is 29.9 Å². The molecule has 0 saturated heterocycles. The Bertz CT molecular complexity index is 324. The first-order valence-electron chi connectivity index (χ1n) is 5.83. The molecule has 0 aromatic carbocycles. The highest BCUT2D eigenvalue weighted by Gasteiger charge is 2.39. The molecule has 0 saturated carbocycles. The average Bonchev–Trinajstić information content (AvgIpc) is 2.12. The molecule has 0 radical (unpaired) electrons. The number of ether oxygens (including phenoxy) is 1. The third-order valence-electron chi connectivity index (χ3n) is 1.83. The van der Waals surface area contributed by atoms with Crippen LogP contribution in [0.1, 0.15) is 40.5 Å². The van der Waals surface area contributed by atoms with Gasteiger partial charge in [0.15, 0.2) is 0 Å². The van der Waals surface area contributed by atoms with Gasteiger partial charge in [-0.05, 0) is 27.2 Å². The van der Waals surface area contributed by atoms with Crippen molar-refractivity contribution in [3.63, 3.8) is 0 Å². The van der Waals surface area contributed by atoms with Crippen molar-refractivity contribution in [3.05, 3.63) is 0 Å². The lowest BCUT2D eigenvalue weighted by Crippen LogP contribution is -2.52. The van der Waals surface area contributed by atoms with Gasteiger partial charge in [0.1, 0.15) is 11.8 Å². The molecule has 0 bridgehead atoms. The first kappa shape index (κ1) is 17.5. The van der Waals surface area contributed by atoms with Crippen LogP contribution in [0.2, 0.25) is 0 Å². The lowest BCUT2D eigenvalue weighted by atomic mass is 10.2. The minimum Gasteiger partial charge on any atom is -0.444 e. The second-order valence-electron chi connectivity index (χ2n) is 4.96. The van der Waals surface area contributed by atoms with E-state index in [9.17, 15) is 22.8 Å². The highest BCUT2D eigenvalue weighted by atomic mass is 19.4. The van der Waals surface area contributed by atoms with Crippen molar-refractivity contribution >= 4 is 12.0 Å². The standard InChI is InChI=1S/C11H19F3N2O3/c1-5-6-7(15-8(17)11(12,13)14)16-9(18)19-10(2,3)4/h7H,5-6H2,1-4H3,(H,15,17)(H,16,18). The smallest absolute Gasteiger partial charge is 0.444 e. The number of hydrogen-bond acceptors (Lipinski definition) is 3. The van der Waals surface area contributed by atoms with E-state index in [0.29, 0.717) is 6.42 Å². The van der Waals surface area contributed by atoms with Crippen LogP contribution in [0, 0.1) is 0 Å². The predicted molar refractivity (Wildman–Crippen MR) is 62.3 cm³/mol. The molecule has 0 rings (SSSR count). The second kappa shape index (κ2) is 6.63. The monoisotopic (exact) mass is 284 g/mol. The third-order valence-corrected chi connectivity index (χ3v) is 1.83. The van der Waals surface area contributed by atoms with Gasteiger partial charge in [0.2, 0.25) is 0 Å². The van der Waals surface area contributed by atoms with E-state index in [2.05, 4.69) is 5.32 Å². The number of amides is 2. The summed E-state index contributed by atoms with van der Waals surface area (Å²) in [6.07, 6.45) is -6.33. The van der Waals surface area contributed by atoms with Crippen LogP contribution in [-0.2, 0) is 9.53 Å². The number of carbonyl (C=O) groups excluding carboxylic acids is 2. The molecule has 112 valence electrons. The lowest BCUT2D eigenvalue weighted by molar-refractivity contribution is -0.174. The summed E-state index contributed by atoms with van der Waals surface area (Å²) in [5.41, 5.74) is -0.769. The minimum atomic E-state index is -4.98. The number of carbonyl (C=O) groups is 2. The van der Waals surface area contributed by atoms with E-state index >= 15 is 0 Å². The molecule has 0 fully saturated rings. The maximum absolute atomic E-state index is 12.1. The van der Waals surface area contributed by atoms with Crippen molar-refractivity contribution in [1.29, 1.82) is 0 Å². The van der Waals surface area contributed by atoms with Crippen molar-refractivity contribution in [2.45, 2.75) is 58.5 Å². The van der Waals surface area contributed by atoms with Gasteiger partial charge in [-0.25, -0.2) is 4.79 Å². The number of alkyl carbamates (subject to hydrolysis) is 1. The molecule has 19 heavy (non-hydrogen) atoms. The van der Waals surface area contributed by atoms with Crippen LogP contribution in [0.15, 0.2) is 0 Å². The first-order chi connectivity index (χ1) is 8.45. The molecule has 0 heterocycles. The van der Waals surface area contributed by atoms with Crippen molar-refractivity contribution in [2.24, 2.45) is 0 Å². The van der Waals surface area contributed by atoms with Gasteiger partial charge >= 0.3 is 18.2 Å². The van der Waals surface area contributed by atoms with Gasteiger partial charge in [0.25, 0.3) is 0 Å². The molecule has 0 aromatic heterocycles. The molecule has 8 heteroatoms. The van der Waals surface area contributed by atoms with Gasteiger partial charge in [0.05, 0.1) is 0 Å². The van der Waals surface area contributed by atoms with Gasteiger partial charge in [-0.2, -0.15) is 13.2 Å². The zero-order chi connectivity index (χ0) is 15.3. The highest BCUT2D eigenvalue weighted by Crippen LogP contribution is 2.15. The third kappa shape index (κ3) is 8.28. The summed E-state index contributed by atoms with van der Waals surface area (Å²) in [5.74, 6) is -2.10. The van der Waals surface area contributed by atoms with E-state index in [1.807, 2.05) is 0 Å². The van der Waals surface area contributed by atoms with Crippen LogP contribution in [0.25, 0.3) is 0 Å². The van der Waals surface area contributed by atoms with E-state index in [0.717, 1.165) is 0 Å². The second-order valence-corrected chi connectivity index (χ2v) is 4.96. The zero-order valence-corrected chi connectivity index (χ0v) is 11.4. The molecular formula is C11H19F3N2O3. The van der Waals surface area contributed by atoms with Crippen molar-refractivity contribution in [1.82, 2.24) is 10.6 Å². The first-order valence-corrected chi connectivity index (χ1v) is 5.83. The normalized spacial score (nSPS) is 13.6. The van der Waals surface area contributed by atoms with E-state index in [1.165, 1.54) is 0 Å². The summed E-state index contributed by atoms with van der Waals surface area (Å²) >= 11 is 0. The number of nitrogens with one attached hydrogen (secondary N) is 2. The molecule has 0 spiro atoms. The van der Waals surface area contributed by atoms with Gasteiger partial charge in [-0.1, -0.05) is 13.3 Å². The lowest BCUT2D eigenvalue weighted by Gasteiger charge is -2.24. The SMILES string of the molecule is CCCC(NC(=O)OC(C)(C)C)NC(=O)C(F)(F)F. The fourth-order valence-electron chi connectivity index (χ4n) is 1.16. The summed E-state index contributed by atoms with van der Waals surface area (Å²) in [6, 6.07) is 0. The molecule has 5 nitrogen and oxygen atoms in total. The molecule has 0 aliphatic rings. The Labute approximate surface area is 109 Å². The molecule has 2 amide bonds. The van der Waals surface area contributed by atoms with Crippen LogP contribution < -0.4 is 10.6 Å². The summed E-state index contributed by atoms with van der Waals surface area (Å²) in [5, 5.41) is 3.88. The van der Waals surface area contributed by atoms with Gasteiger partial charge in [-0.3, -0.25) is 4.79 Å². The number of rotatable bonds is 4. The Hall–Kier alpha value is -1.47. The minimum absolute atomic E-state index is 0.168. The maximum atomic E-state index is 12.1. The van der Waals surface area contributed by atoms with E-state index in [4.69, 9.17) is 4.74 Å². The average molecular weight is 284 g/mol. The molecule has 0 aromatic rings. The Kier molecular flexibility index (Phi) is 6.11. The largest absolute Gasteiger partial charge is 0.471 e. The molecule has 1 unspecified atom stereocenters. The van der Waals surface area contributed by atoms with Gasteiger partial charge in [-0.15, -0.1) is 0 Å². The van der Waals surface area contributed by atoms with Crippen molar-refractivity contribution < 1.29 is 27.5 Å². The summed E-state index contributed by atoms with van der Waals surface area (Å²) in [4.78, 5) is 22.2. The topological polar surface area (TPSA) is 67.4 Å². The molecular weight excluding hydrogens is 265 g/mol. The van der Waals surface area contributed by atoms with Crippen LogP contribution in [0.5, 0.6) is 0 Å². The Morgan fingerprint density at radius 3 is 2.05 bits per heavy atom. The number of hydrogen-bond donors (Lipinski definition) is 2. The summed E-state index contributed by atoms with van der Waals surface area (Å²) in [6.45, 7) is 6.57. The van der Waals surface area contributed by atoms with E-state index in [-0.39, 0.29) is 6.42 Å². The van der Waals surface area contributed by atoms with Crippen molar-refractivity contribution in [2.75, 3.05) is 0 Å². The highest BCUT2D eigenvalue weighted by molar-refractivity contribution is 5.82.